The second-order valence-corrected chi connectivity index (χ2v) is 6.54. The van der Waals surface area contributed by atoms with Crippen LogP contribution in [0.3, 0.4) is 0 Å². The molecule has 0 bridgehead atoms. The topological polar surface area (TPSA) is 76.3 Å². The number of hydrogen-bond acceptors (Lipinski definition) is 4. The van der Waals surface area contributed by atoms with Crippen molar-refractivity contribution in [3.63, 3.8) is 0 Å². The molecule has 0 aromatic carbocycles. The van der Waals surface area contributed by atoms with Crippen molar-refractivity contribution in [1.82, 2.24) is 9.29 Å². The van der Waals surface area contributed by atoms with E-state index in [0.717, 1.165) is 5.56 Å². The van der Waals surface area contributed by atoms with Crippen molar-refractivity contribution < 1.29 is 8.42 Å². The van der Waals surface area contributed by atoms with Gasteiger partial charge in [-0.2, -0.15) is 4.31 Å². The maximum absolute atomic E-state index is 12.0. The van der Waals surface area contributed by atoms with Crippen molar-refractivity contribution >= 4 is 27.2 Å². The average Bonchev–Trinajstić information content (AvgIpc) is 2.29. The van der Waals surface area contributed by atoms with E-state index in [1.165, 1.54) is 18.3 Å². The average molecular weight is 273 g/mol. The number of nitrogens with zero attached hydrogens (tertiary/aromatic N) is 2. The molecule has 0 saturated heterocycles. The summed E-state index contributed by atoms with van der Waals surface area (Å²) in [5.41, 5.74) is 6.18. The fourth-order valence-corrected chi connectivity index (χ4v) is 2.78. The van der Waals surface area contributed by atoms with Crippen molar-refractivity contribution in [3.8, 4) is 0 Å². The van der Waals surface area contributed by atoms with Gasteiger partial charge in [-0.05, 0) is 18.6 Å². The Kier molecular flexibility index (Phi) is 4.55. The first kappa shape index (κ1) is 14.0. The Morgan fingerprint density at radius 2 is 2.29 bits per heavy atom. The minimum Gasteiger partial charge on any atom is -0.392 e. The highest BCUT2D eigenvalue weighted by Gasteiger charge is 2.27. The number of hydrogen-bond donors (Lipinski definition) is 1. The molecule has 0 aliphatic heterocycles. The van der Waals surface area contributed by atoms with Crippen molar-refractivity contribution in [2.24, 2.45) is 5.73 Å². The van der Waals surface area contributed by atoms with Gasteiger partial charge in [-0.25, -0.2) is 8.42 Å². The predicted octanol–water partition coefficient (Wildman–Crippen LogP) is 0.518. The lowest BCUT2D eigenvalue weighted by Gasteiger charge is -2.21. The smallest absolute Gasteiger partial charge is 0.223 e. The zero-order chi connectivity index (χ0) is 13.1. The summed E-state index contributed by atoms with van der Waals surface area (Å²) < 4.78 is 25.3. The van der Waals surface area contributed by atoms with Gasteiger partial charge in [0.1, 0.15) is 5.25 Å². The lowest BCUT2D eigenvalue weighted by atomic mass is 10.3. The Morgan fingerprint density at radius 1 is 1.65 bits per heavy atom. The molecular formula is C10H15N3O2S2. The molecule has 1 aromatic rings. The normalized spacial score (nSPS) is 13.6. The monoisotopic (exact) mass is 273 g/mol. The first-order valence-electron chi connectivity index (χ1n) is 4.99. The van der Waals surface area contributed by atoms with Gasteiger partial charge in [-0.15, -0.1) is 0 Å². The number of pyridine rings is 1. The third-order valence-electron chi connectivity index (χ3n) is 2.41. The molecule has 7 heteroatoms. The molecule has 5 nitrogen and oxygen atoms in total. The third kappa shape index (κ3) is 3.45. The molecule has 1 unspecified atom stereocenters. The van der Waals surface area contributed by atoms with Gasteiger partial charge in [0.2, 0.25) is 10.0 Å². The molecule has 1 heterocycles. The molecule has 17 heavy (non-hydrogen) atoms. The number of nitrogens with two attached hydrogens (primary N) is 1. The van der Waals surface area contributed by atoms with E-state index < -0.39 is 15.3 Å². The number of sulfonamides is 1. The molecule has 0 saturated carbocycles. The SMILES string of the molecule is CC(C(N)=S)S(=O)(=O)N(C)Cc1cccnc1. The van der Waals surface area contributed by atoms with E-state index >= 15 is 0 Å². The van der Waals surface area contributed by atoms with Gasteiger partial charge >= 0.3 is 0 Å². The largest absolute Gasteiger partial charge is 0.392 e. The minimum absolute atomic E-state index is 0.0250. The van der Waals surface area contributed by atoms with Gasteiger partial charge in [0.25, 0.3) is 0 Å². The van der Waals surface area contributed by atoms with Gasteiger partial charge in [0, 0.05) is 26.0 Å². The van der Waals surface area contributed by atoms with Gasteiger partial charge in [0.05, 0.1) is 4.99 Å². The molecule has 1 atom stereocenters. The van der Waals surface area contributed by atoms with Crippen LogP contribution in [0.2, 0.25) is 0 Å². The lowest BCUT2D eigenvalue weighted by molar-refractivity contribution is 0.464. The van der Waals surface area contributed by atoms with E-state index in [-0.39, 0.29) is 11.5 Å². The van der Waals surface area contributed by atoms with Crippen LogP contribution in [0.4, 0.5) is 0 Å². The van der Waals surface area contributed by atoms with Crippen LogP contribution in [0.5, 0.6) is 0 Å². The molecule has 0 amide bonds. The van der Waals surface area contributed by atoms with Crippen LogP contribution >= 0.6 is 12.2 Å². The van der Waals surface area contributed by atoms with Crippen LogP contribution in [-0.2, 0) is 16.6 Å². The highest BCUT2D eigenvalue weighted by molar-refractivity contribution is 7.92. The van der Waals surface area contributed by atoms with Crippen LogP contribution in [0, 0.1) is 0 Å². The highest BCUT2D eigenvalue weighted by atomic mass is 32.2. The lowest BCUT2D eigenvalue weighted by Crippen LogP contribution is -2.40. The first-order valence-corrected chi connectivity index (χ1v) is 6.90. The molecule has 94 valence electrons. The van der Waals surface area contributed by atoms with E-state index in [0.29, 0.717) is 0 Å². The molecule has 0 aliphatic carbocycles. The Bertz CT molecular complexity index is 488. The maximum atomic E-state index is 12.0. The van der Waals surface area contributed by atoms with E-state index in [1.807, 2.05) is 6.07 Å². The Morgan fingerprint density at radius 3 is 2.76 bits per heavy atom. The van der Waals surface area contributed by atoms with E-state index in [9.17, 15) is 8.42 Å². The van der Waals surface area contributed by atoms with Crippen LogP contribution in [-0.4, -0.2) is 35.0 Å². The summed E-state index contributed by atoms with van der Waals surface area (Å²) in [6.45, 7) is 1.74. The van der Waals surface area contributed by atoms with Crippen molar-refractivity contribution in [3.05, 3.63) is 30.1 Å². The summed E-state index contributed by atoms with van der Waals surface area (Å²) in [7, 11) is -2.00. The van der Waals surface area contributed by atoms with E-state index in [2.05, 4.69) is 4.98 Å². The quantitative estimate of drug-likeness (QED) is 0.791. The highest BCUT2D eigenvalue weighted by Crippen LogP contribution is 2.11. The fraction of sp³-hybridized carbons (Fsp3) is 0.400. The maximum Gasteiger partial charge on any atom is 0.223 e. The summed E-state index contributed by atoms with van der Waals surface area (Å²) >= 11 is 4.71. The summed E-state index contributed by atoms with van der Waals surface area (Å²) in [5, 5.41) is -0.862. The molecule has 0 spiro atoms. The van der Waals surface area contributed by atoms with Crippen molar-refractivity contribution in [1.29, 1.82) is 0 Å². The predicted molar refractivity (Wildman–Crippen MR) is 70.9 cm³/mol. The Hall–Kier alpha value is -1.05. The number of aromatic nitrogens is 1. The van der Waals surface area contributed by atoms with Gasteiger partial charge < -0.3 is 5.73 Å². The number of thiocarbonyl (C=S) groups is 1. The first-order chi connectivity index (χ1) is 7.85. The zero-order valence-corrected chi connectivity index (χ0v) is 11.3. The summed E-state index contributed by atoms with van der Waals surface area (Å²) in [6.07, 6.45) is 3.26. The van der Waals surface area contributed by atoms with Crippen molar-refractivity contribution in [2.75, 3.05) is 7.05 Å². The van der Waals surface area contributed by atoms with Gasteiger partial charge in [0.15, 0.2) is 0 Å². The Balaban J connectivity index is 2.84. The molecule has 0 fully saturated rings. The van der Waals surface area contributed by atoms with Crippen molar-refractivity contribution in [2.45, 2.75) is 18.7 Å². The molecule has 2 N–H and O–H groups in total. The van der Waals surface area contributed by atoms with Crippen LogP contribution in [0.15, 0.2) is 24.5 Å². The molecule has 1 rings (SSSR count). The molecule has 1 aromatic heterocycles. The van der Waals surface area contributed by atoms with E-state index in [1.54, 1.807) is 18.5 Å². The second kappa shape index (κ2) is 5.52. The summed E-state index contributed by atoms with van der Waals surface area (Å²) in [5.74, 6) is 0. The minimum atomic E-state index is -3.50. The van der Waals surface area contributed by atoms with Gasteiger partial charge in [-0.1, -0.05) is 18.3 Å². The van der Waals surface area contributed by atoms with Crippen LogP contribution in [0.25, 0.3) is 0 Å². The Labute approximate surface area is 107 Å². The number of rotatable bonds is 5. The molecule has 0 aliphatic rings. The van der Waals surface area contributed by atoms with Gasteiger partial charge in [-0.3, -0.25) is 4.98 Å². The molecule has 0 radical (unpaired) electrons. The van der Waals surface area contributed by atoms with Crippen LogP contribution in [0.1, 0.15) is 12.5 Å². The zero-order valence-electron chi connectivity index (χ0n) is 9.70. The summed E-state index contributed by atoms with van der Waals surface area (Å²) in [6, 6.07) is 3.57. The summed E-state index contributed by atoms with van der Waals surface area (Å²) in [4.78, 5) is 3.90. The standard InChI is InChI=1S/C10H15N3O2S2/c1-8(10(11)16)17(14,15)13(2)7-9-4-3-5-12-6-9/h3-6,8H,7H2,1-2H3,(H2,11,16). The third-order valence-corrected chi connectivity index (χ3v) is 5.06. The van der Waals surface area contributed by atoms with E-state index in [4.69, 9.17) is 18.0 Å². The molecular weight excluding hydrogens is 258 g/mol. The van der Waals surface area contributed by atoms with Crippen LogP contribution < -0.4 is 5.73 Å². The second-order valence-electron chi connectivity index (χ2n) is 3.71. The fourth-order valence-electron chi connectivity index (χ4n) is 1.26.